The van der Waals surface area contributed by atoms with E-state index in [-0.39, 0.29) is 12.5 Å². The highest BCUT2D eigenvalue weighted by molar-refractivity contribution is 5.77. The second kappa shape index (κ2) is 9.69. The number of hydrogen-bond acceptors (Lipinski definition) is 4. The predicted molar refractivity (Wildman–Crippen MR) is 97.0 cm³/mol. The first-order valence-electron chi connectivity index (χ1n) is 8.19. The van der Waals surface area contributed by atoms with Gasteiger partial charge in [-0.2, -0.15) is 0 Å². The van der Waals surface area contributed by atoms with E-state index in [1.165, 1.54) is 7.11 Å². The topological polar surface area (TPSA) is 48.0 Å². The van der Waals surface area contributed by atoms with Gasteiger partial charge in [0.15, 0.2) is 0 Å². The molecule has 0 bridgehead atoms. The number of ether oxygens (including phenoxy) is 3. The van der Waals surface area contributed by atoms with Gasteiger partial charge in [0.25, 0.3) is 0 Å². The van der Waals surface area contributed by atoms with Gasteiger partial charge in [0.1, 0.15) is 18.1 Å². The molecule has 2 rings (SSSR count). The van der Waals surface area contributed by atoms with Crippen molar-refractivity contribution in [3.05, 3.63) is 59.7 Å². The third-order valence-corrected chi connectivity index (χ3v) is 4.00. The van der Waals surface area contributed by atoms with Gasteiger partial charge in [-0.1, -0.05) is 30.3 Å². The lowest BCUT2D eigenvalue weighted by Crippen LogP contribution is -2.35. The largest absolute Gasteiger partial charge is 0.497 e. The number of amides is 1. The summed E-state index contributed by atoms with van der Waals surface area (Å²) in [5.41, 5.74) is 2.13. The molecule has 5 heteroatoms. The zero-order chi connectivity index (χ0) is 18.1. The Morgan fingerprint density at radius 2 is 1.68 bits per heavy atom. The van der Waals surface area contributed by atoms with E-state index in [2.05, 4.69) is 0 Å². The number of rotatable bonds is 9. The lowest BCUT2D eigenvalue weighted by molar-refractivity contribution is -0.135. The highest BCUT2D eigenvalue weighted by Gasteiger charge is 2.15. The fourth-order valence-corrected chi connectivity index (χ4v) is 2.62. The van der Waals surface area contributed by atoms with Gasteiger partial charge in [0, 0.05) is 20.2 Å². The van der Waals surface area contributed by atoms with Gasteiger partial charge < -0.3 is 19.1 Å². The van der Waals surface area contributed by atoms with Crippen LogP contribution in [-0.4, -0.2) is 45.3 Å². The molecule has 0 aliphatic rings. The average molecular weight is 343 g/mol. The average Bonchev–Trinajstić information content (AvgIpc) is 2.66. The van der Waals surface area contributed by atoms with Crippen LogP contribution in [0.5, 0.6) is 11.5 Å². The first-order valence-corrected chi connectivity index (χ1v) is 8.19. The molecule has 0 heterocycles. The second-order valence-electron chi connectivity index (χ2n) is 5.66. The summed E-state index contributed by atoms with van der Waals surface area (Å²) in [5, 5.41) is 0. The predicted octanol–water partition coefficient (Wildman–Crippen LogP) is 2.92. The van der Waals surface area contributed by atoms with Crippen LogP contribution in [0.15, 0.2) is 48.5 Å². The summed E-state index contributed by atoms with van der Waals surface area (Å²) < 4.78 is 15.6. The van der Waals surface area contributed by atoms with Crippen molar-refractivity contribution < 1.29 is 19.0 Å². The van der Waals surface area contributed by atoms with Crippen molar-refractivity contribution in [2.45, 2.75) is 13.0 Å². The molecule has 25 heavy (non-hydrogen) atoms. The maximum atomic E-state index is 12.4. The zero-order valence-corrected chi connectivity index (χ0v) is 15.0. The van der Waals surface area contributed by atoms with Crippen LogP contribution in [0.1, 0.15) is 11.1 Å². The van der Waals surface area contributed by atoms with Crippen molar-refractivity contribution in [3.8, 4) is 11.5 Å². The van der Waals surface area contributed by atoms with E-state index in [4.69, 9.17) is 14.2 Å². The fraction of sp³-hybridized carbons (Fsp3) is 0.350. The van der Waals surface area contributed by atoms with Gasteiger partial charge >= 0.3 is 0 Å². The van der Waals surface area contributed by atoms with Crippen LogP contribution < -0.4 is 9.47 Å². The summed E-state index contributed by atoms with van der Waals surface area (Å²) in [6.45, 7) is 1.19. The van der Waals surface area contributed by atoms with Gasteiger partial charge in [-0.05, 0) is 35.7 Å². The highest BCUT2D eigenvalue weighted by Crippen LogP contribution is 2.19. The van der Waals surface area contributed by atoms with Gasteiger partial charge in [-0.25, -0.2) is 0 Å². The summed E-state index contributed by atoms with van der Waals surface area (Å²) in [7, 11) is 4.82. The number of carbonyl (C=O) groups is 1. The summed E-state index contributed by atoms with van der Waals surface area (Å²) in [6.07, 6.45) is 0.718. The Hall–Kier alpha value is -2.53. The number of benzene rings is 2. The summed E-state index contributed by atoms with van der Waals surface area (Å²) in [4.78, 5) is 14.2. The molecule has 5 nitrogen and oxygen atoms in total. The van der Waals surface area contributed by atoms with Crippen molar-refractivity contribution in [1.82, 2.24) is 4.90 Å². The standard InChI is InChI=1S/C20H25NO4/c1-23-15-20(22)21(14-16-8-10-18(24-2)11-9-16)13-12-17-6-4-5-7-19(17)25-3/h4-11H,12-15H2,1-3H3. The molecular weight excluding hydrogens is 318 g/mol. The molecule has 0 aromatic heterocycles. The van der Waals surface area contributed by atoms with Gasteiger partial charge in [-0.15, -0.1) is 0 Å². The van der Waals surface area contributed by atoms with E-state index >= 15 is 0 Å². The molecule has 134 valence electrons. The van der Waals surface area contributed by atoms with Crippen molar-refractivity contribution in [3.63, 3.8) is 0 Å². The Morgan fingerprint density at radius 3 is 2.32 bits per heavy atom. The van der Waals surface area contributed by atoms with Crippen molar-refractivity contribution >= 4 is 5.91 Å². The van der Waals surface area contributed by atoms with E-state index in [9.17, 15) is 4.79 Å². The van der Waals surface area contributed by atoms with E-state index in [0.29, 0.717) is 13.1 Å². The SMILES string of the molecule is COCC(=O)N(CCc1ccccc1OC)Cc1ccc(OC)cc1. The molecular formula is C20H25NO4. The molecule has 0 fully saturated rings. The molecule has 0 atom stereocenters. The third-order valence-electron chi connectivity index (χ3n) is 4.00. The Morgan fingerprint density at radius 1 is 0.960 bits per heavy atom. The maximum absolute atomic E-state index is 12.4. The van der Waals surface area contributed by atoms with Crippen molar-refractivity contribution in [2.24, 2.45) is 0 Å². The smallest absolute Gasteiger partial charge is 0.248 e. The van der Waals surface area contributed by atoms with Crippen LogP contribution >= 0.6 is 0 Å². The molecule has 0 N–H and O–H groups in total. The lowest BCUT2D eigenvalue weighted by Gasteiger charge is -2.23. The molecule has 2 aromatic rings. The quantitative estimate of drug-likeness (QED) is 0.702. The molecule has 0 aliphatic heterocycles. The molecule has 0 spiro atoms. The van der Waals surface area contributed by atoms with Crippen LogP contribution in [0.25, 0.3) is 0 Å². The second-order valence-corrected chi connectivity index (χ2v) is 5.66. The van der Waals surface area contributed by atoms with Crippen LogP contribution in [-0.2, 0) is 22.5 Å². The first kappa shape index (κ1) is 18.8. The van der Waals surface area contributed by atoms with E-state index in [1.54, 1.807) is 19.1 Å². The highest BCUT2D eigenvalue weighted by atomic mass is 16.5. The van der Waals surface area contributed by atoms with Crippen LogP contribution in [0, 0.1) is 0 Å². The monoisotopic (exact) mass is 343 g/mol. The third kappa shape index (κ3) is 5.50. The molecule has 2 aromatic carbocycles. The molecule has 0 aliphatic carbocycles. The van der Waals surface area contributed by atoms with Crippen LogP contribution in [0.4, 0.5) is 0 Å². The fourth-order valence-electron chi connectivity index (χ4n) is 2.62. The van der Waals surface area contributed by atoms with Crippen molar-refractivity contribution in [2.75, 3.05) is 34.5 Å². The van der Waals surface area contributed by atoms with Crippen molar-refractivity contribution in [1.29, 1.82) is 0 Å². The minimum atomic E-state index is -0.0341. The molecule has 0 saturated heterocycles. The number of para-hydroxylation sites is 1. The maximum Gasteiger partial charge on any atom is 0.248 e. The van der Waals surface area contributed by atoms with E-state index < -0.39 is 0 Å². The van der Waals surface area contributed by atoms with E-state index in [1.807, 2.05) is 48.5 Å². The summed E-state index contributed by atoms with van der Waals surface area (Å²) in [5.74, 6) is 1.60. The number of methoxy groups -OCH3 is 3. The van der Waals surface area contributed by atoms with Gasteiger partial charge in [0.05, 0.1) is 14.2 Å². The normalized spacial score (nSPS) is 10.4. The molecule has 0 radical (unpaired) electrons. The number of nitrogens with zero attached hydrogens (tertiary/aromatic N) is 1. The zero-order valence-electron chi connectivity index (χ0n) is 15.0. The Kier molecular flexibility index (Phi) is 7.29. The molecule has 1 amide bonds. The minimum absolute atomic E-state index is 0.0341. The van der Waals surface area contributed by atoms with E-state index in [0.717, 1.165) is 29.0 Å². The summed E-state index contributed by atoms with van der Waals surface area (Å²) in [6, 6.07) is 15.6. The van der Waals surface area contributed by atoms with Crippen LogP contribution in [0.2, 0.25) is 0 Å². The minimum Gasteiger partial charge on any atom is -0.497 e. The summed E-state index contributed by atoms with van der Waals surface area (Å²) >= 11 is 0. The lowest BCUT2D eigenvalue weighted by atomic mass is 10.1. The Balaban J connectivity index is 2.08. The van der Waals surface area contributed by atoms with Gasteiger partial charge in [-0.3, -0.25) is 4.79 Å². The van der Waals surface area contributed by atoms with Gasteiger partial charge in [0.2, 0.25) is 5.91 Å². The molecule has 0 saturated carbocycles. The van der Waals surface area contributed by atoms with Crippen LogP contribution in [0.3, 0.4) is 0 Å². The Bertz CT molecular complexity index is 670. The molecule has 0 unspecified atom stereocenters. The number of carbonyl (C=O) groups excluding carboxylic acids is 1. The first-order chi connectivity index (χ1) is 12.2. The Labute approximate surface area is 149 Å². The number of hydrogen-bond donors (Lipinski definition) is 0.